The fourth-order valence-corrected chi connectivity index (χ4v) is 5.10. The molecule has 0 aliphatic rings. The molecule has 0 saturated carbocycles. The van der Waals surface area contributed by atoms with E-state index in [9.17, 15) is 13.2 Å². The van der Waals surface area contributed by atoms with Crippen molar-refractivity contribution >= 4 is 43.3 Å². The van der Waals surface area contributed by atoms with Gasteiger partial charge in [0.25, 0.3) is 0 Å². The highest BCUT2D eigenvalue weighted by Gasteiger charge is 2.27. The van der Waals surface area contributed by atoms with E-state index in [1.165, 1.54) is 17.4 Å². The maximum absolute atomic E-state index is 12.2. The number of carbonyl (C=O) groups is 1. The van der Waals surface area contributed by atoms with Crippen LogP contribution in [0.5, 0.6) is 0 Å². The molecule has 0 saturated heterocycles. The van der Waals surface area contributed by atoms with Gasteiger partial charge in [-0.3, -0.25) is 0 Å². The van der Waals surface area contributed by atoms with Gasteiger partial charge < -0.3 is 5.11 Å². The molecule has 0 fully saturated rings. The highest BCUT2D eigenvalue weighted by Crippen LogP contribution is 2.33. The first-order chi connectivity index (χ1) is 8.16. The third-order valence-electron chi connectivity index (χ3n) is 2.18. The predicted molar refractivity (Wildman–Crippen MR) is 73.6 cm³/mol. The molecular formula is C10H14BrNO4S2. The number of thiophene rings is 1. The Labute approximate surface area is 119 Å². The molecule has 0 unspecified atom stereocenters. The molecule has 1 aromatic rings. The standard InChI is InChI=1S/C10H14BrNO4S2/c1-6(2)5-12(3)18(15,16)8-4-7(10(13)14)17-9(8)11/h4,6H,5H2,1-3H3,(H,13,14). The van der Waals surface area contributed by atoms with Crippen LogP contribution in [0.2, 0.25) is 0 Å². The van der Waals surface area contributed by atoms with Crippen molar-refractivity contribution in [3.8, 4) is 0 Å². The number of halogens is 1. The van der Waals surface area contributed by atoms with Crippen LogP contribution in [0.3, 0.4) is 0 Å². The quantitative estimate of drug-likeness (QED) is 0.880. The van der Waals surface area contributed by atoms with Crippen LogP contribution in [0.25, 0.3) is 0 Å². The predicted octanol–water partition coefficient (Wildman–Crippen LogP) is 2.49. The molecule has 0 bridgehead atoms. The minimum absolute atomic E-state index is 0.00148. The van der Waals surface area contributed by atoms with Gasteiger partial charge in [0, 0.05) is 13.6 Å². The van der Waals surface area contributed by atoms with Gasteiger partial charge in [-0.1, -0.05) is 13.8 Å². The van der Waals surface area contributed by atoms with Gasteiger partial charge >= 0.3 is 5.97 Å². The monoisotopic (exact) mass is 355 g/mol. The maximum atomic E-state index is 12.2. The molecule has 102 valence electrons. The minimum atomic E-state index is -3.64. The van der Waals surface area contributed by atoms with Gasteiger partial charge in [0.1, 0.15) is 9.77 Å². The summed E-state index contributed by atoms with van der Waals surface area (Å²) in [7, 11) is -2.16. The highest BCUT2D eigenvalue weighted by atomic mass is 79.9. The molecule has 1 heterocycles. The van der Waals surface area contributed by atoms with Gasteiger partial charge in [0.05, 0.1) is 3.79 Å². The lowest BCUT2D eigenvalue weighted by Crippen LogP contribution is -2.30. The van der Waals surface area contributed by atoms with E-state index in [4.69, 9.17) is 5.11 Å². The van der Waals surface area contributed by atoms with E-state index in [1.807, 2.05) is 13.8 Å². The Hall–Kier alpha value is -0.440. The smallest absolute Gasteiger partial charge is 0.345 e. The molecular weight excluding hydrogens is 342 g/mol. The lowest BCUT2D eigenvalue weighted by Gasteiger charge is -2.18. The van der Waals surface area contributed by atoms with Crippen LogP contribution < -0.4 is 0 Å². The zero-order valence-corrected chi connectivity index (χ0v) is 13.4. The third kappa shape index (κ3) is 3.31. The van der Waals surface area contributed by atoms with Gasteiger partial charge in [-0.2, -0.15) is 0 Å². The third-order valence-corrected chi connectivity index (χ3v) is 6.24. The fraction of sp³-hybridized carbons (Fsp3) is 0.500. The van der Waals surface area contributed by atoms with Crippen molar-refractivity contribution in [1.82, 2.24) is 4.31 Å². The van der Waals surface area contributed by atoms with E-state index >= 15 is 0 Å². The van der Waals surface area contributed by atoms with E-state index < -0.39 is 16.0 Å². The van der Waals surface area contributed by atoms with Crippen LogP contribution >= 0.6 is 27.3 Å². The van der Waals surface area contributed by atoms with Crippen LogP contribution in [0.1, 0.15) is 23.5 Å². The first kappa shape index (κ1) is 15.6. The average molecular weight is 356 g/mol. The Kier molecular flexibility index (Phi) is 4.93. The molecule has 0 aromatic carbocycles. The lowest BCUT2D eigenvalue weighted by molar-refractivity contribution is 0.0702. The largest absolute Gasteiger partial charge is 0.477 e. The van der Waals surface area contributed by atoms with Gasteiger partial charge in [0.2, 0.25) is 10.0 Å². The summed E-state index contributed by atoms with van der Waals surface area (Å²) in [5, 5.41) is 8.85. The Morgan fingerprint density at radius 1 is 1.56 bits per heavy atom. The second-order valence-corrected chi connectivity index (χ2v) is 8.62. The molecule has 1 rings (SSSR count). The van der Waals surface area contributed by atoms with Crippen molar-refractivity contribution in [1.29, 1.82) is 0 Å². The Bertz CT molecular complexity index is 550. The van der Waals surface area contributed by atoms with Crippen LogP contribution in [-0.4, -0.2) is 37.4 Å². The van der Waals surface area contributed by atoms with Crippen molar-refractivity contribution in [2.45, 2.75) is 18.7 Å². The Morgan fingerprint density at radius 2 is 2.11 bits per heavy atom. The summed E-state index contributed by atoms with van der Waals surface area (Å²) in [4.78, 5) is 10.8. The molecule has 0 spiro atoms. The molecule has 5 nitrogen and oxygen atoms in total. The molecule has 0 amide bonds. The molecule has 18 heavy (non-hydrogen) atoms. The van der Waals surface area contributed by atoms with Gasteiger partial charge in [-0.15, -0.1) is 11.3 Å². The summed E-state index contributed by atoms with van der Waals surface area (Å²) in [6.07, 6.45) is 0. The Balaban J connectivity index is 3.16. The molecule has 0 radical (unpaired) electrons. The van der Waals surface area contributed by atoms with Crippen molar-refractivity contribution in [3.63, 3.8) is 0 Å². The molecule has 1 aromatic heterocycles. The molecule has 0 aliphatic heterocycles. The minimum Gasteiger partial charge on any atom is -0.477 e. The first-order valence-electron chi connectivity index (χ1n) is 5.15. The summed E-state index contributed by atoms with van der Waals surface area (Å²) in [5.74, 6) is -0.935. The van der Waals surface area contributed by atoms with Gasteiger partial charge in [-0.25, -0.2) is 17.5 Å². The molecule has 0 atom stereocenters. The number of carboxylic acid groups (broad SMARTS) is 1. The zero-order chi connectivity index (χ0) is 14.1. The summed E-state index contributed by atoms with van der Waals surface area (Å²) in [5.41, 5.74) is 0. The van der Waals surface area contributed by atoms with E-state index in [-0.39, 0.29) is 15.7 Å². The number of aromatic carboxylic acids is 1. The van der Waals surface area contributed by atoms with Gasteiger partial charge in [0.15, 0.2) is 0 Å². The summed E-state index contributed by atoms with van der Waals surface area (Å²) in [6.45, 7) is 4.21. The van der Waals surface area contributed by atoms with E-state index in [0.717, 1.165) is 11.3 Å². The summed E-state index contributed by atoms with van der Waals surface area (Å²) >= 11 is 4.00. The SMILES string of the molecule is CC(C)CN(C)S(=O)(=O)c1cc(C(=O)O)sc1Br. The van der Waals surface area contributed by atoms with Crippen LogP contribution in [0, 0.1) is 5.92 Å². The van der Waals surface area contributed by atoms with Crippen molar-refractivity contribution in [2.75, 3.05) is 13.6 Å². The van der Waals surface area contributed by atoms with E-state index in [1.54, 1.807) is 0 Å². The molecule has 0 aliphatic carbocycles. The van der Waals surface area contributed by atoms with E-state index in [0.29, 0.717) is 10.3 Å². The number of carboxylic acids is 1. The number of rotatable bonds is 5. The summed E-state index contributed by atoms with van der Waals surface area (Å²) in [6, 6.07) is 1.18. The number of hydrogen-bond donors (Lipinski definition) is 1. The normalized spacial score (nSPS) is 12.3. The van der Waals surface area contributed by atoms with E-state index in [2.05, 4.69) is 15.9 Å². The topological polar surface area (TPSA) is 74.7 Å². The number of sulfonamides is 1. The van der Waals surface area contributed by atoms with Gasteiger partial charge in [-0.05, 0) is 27.9 Å². The summed E-state index contributed by atoms with van der Waals surface area (Å²) < 4.78 is 26.0. The number of nitrogens with zero attached hydrogens (tertiary/aromatic N) is 1. The maximum Gasteiger partial charge on any atom is 0.345 e. The van der Waals surface area contributed by atoms with Crippen molar-refractivity contribution < 1.29 is 18.3 Å². The second-order valence-electron chi connectivity index (χ2n) is 4.23. The first-order valence-corrected chi connectivity index (χ1v) is 8.20. The van der Waals surface area contributed by atoms with Crippen molar-refractivity contribution in [2.24, 2.45) is 5.92 Å². The zero-order valence-electron chi connectivity index (χ0n) is 10.2. The number of hydrogen-bond acceptors (Lipinski definition) is 4. The highest BCUT2D eigenvalue weighted by molar-refractivity contribution is 9.11. The lowest BCUT2D eigenvalue weighted by atomic mass is 10.2. The molecule has 1 N–H and O–H groups in total. The fourth-order valence-electron chi connectivity index (χ4n) is 1.41. The molecule has 8 heteroatoms. The van der Waals surface area contributed by atoms with Crippen molar-refractivity contribution in [3.05, 3.63) is 14.7 Å². The van der Waals surface area contributed by atoms with Crippen LogP contribution in [0.4, 0.5) is 0 Å². The average Bonchev–Trinajstić information content (AvgIpc) is 2.59. The second kappa shape index (κ2) is 5.68. The Morgan fingerprint density at radius 3 is 2.50 bits per heavy atom. The van der Waals surface area contributed by atoms with Crippen LogP contribution in [-0.2, 0) is 10.0 Å². The van der Waals surface area contributed by atoms with Crippen LogP contribution in [0.15, 0.2) is 14.7 Å².